The number of aromatic nitrogens is 1. The van der Waals surface area contributed by atoms with Crippen LogP contribution >= 0.6 is 22.9 Å². The van der Waals surface area contributed by atoms with Crippen molar-refractivity contribution in [2.75, 3.05) is 7.05 Å². The minimum Gasteiger partial charge on any atom is -0.316 e. The molecule has 0 aliphatic rings. The minimum absolute atomic E-state index is 0.0611. The van der Waals surface area contributed by atoms with Crippen molar-refractivity contribution in [2.24, 2.45) is 0 Å². The first-order chi connectivity index (χ1) is 9.94. The van der Waals surface area contributed by atoms with Gasteiger partial charge in [0.15, 0.2) is 0 Å². The molecule has 0 radical (unpaired) electrons. The summed E-state index contributed by atoms with van der Waals surface area (Å²) in [5.41, 5.74) is 0.383. The lowest BCUT2D eigenvalue weighted by Gasteiger charge is -2.10. The molecule has 0 bridgehead atoms. The number of hydrogen-bond acceptors (Lipinski definition) is 5. The number of hydrogen-bond donors (Lipinski definition) is 2. The normalized spacial score (nSPS) is 11.8. The first-order valence-corrected chi connectivity index (χ1v) is 8.68. The van der Waals surface area contributed by atoms with Crippen molar-refractivity contribution in [3.05, 3.63) is 45.1 Å². The Kier molecular flexibility index (Phi) is 5.28. The van der Waals surface area contributed by atoms with Crippen molar-refractivity contribution in [2.45, 2.75) is 18.0 Å². The maximum atomic E-state index is 13.7. The predicted molar refractivity (Wildman–Crippen MR) is 80.3 cm³/mol. The highest BCUT2D eigenvalue weighted by atomic mass is 35.5. The van der Waals surface area contributed by atoms with Crippen LogP contribution in [0.2, 0.25) is 5.02 Å². The van der Waals surface area contributed by atoms with E-state index in [4.69, 9.17) is 11.6 Å². The maximum absolute atomic E-state index is 13.7. The lowest BCUT2D eigenvalue weighted by atomic mass is 10.2. The average Bonchev–Trinajstić information content (AvgIpc) is 2.95. The van der Waals surface area contributed by atoms with E-state index >= 15 is 0 Å². The number of nitrogens with one attached hydrogen (secondary N) is 2. The largest absolute Gasteiger partial charge is 0.316 e. The van der Waals surface area contributed by atoms with Gasteiger partial charge in [0.05, 0.1) is 16.5 Å². The fourth-order valence-electron chi connectivity index (χ4n) is 1.67. The van der Waals surface area contributed by atoms with E-state index in [0.29, 0.717) is 10.6 Å². The molecule has 114 valence electrons. The summed E-state index contributed by atoms with van der Waals surface area (Å²) >= 11 is 7.15. The molecule has 2 N–H and O–H groups in total. The molecule has 21 heavy (non-hydrogen) atoms. The van der Waals surface area contributed by atoms with Crippen LogP contribution in [0.25, 0.3) is 0 Å². The molecule has 0 spiro atoms. The van der Waals surface area contributed by atoms with Gasteiger partial charge in [-0.1, -0.05) is 11.6 Å². The molecule has 0 aliphatic carbocycles. The van der Waals surface area contributed by atoms with Gasteiger partial charge in [-0.2, -0.15) is 0 Å². The van der Waals surface area contributed by atoms with Crippen molar-refractivity contribution in [1.82, 2.24) is 15.0 Å². The summed E-state index contributed by atoms with van der Waals surface area (Å²) in [6.45, 7) is 0.331. The van der Waals surface area contributed by atoms with Gasteiger partial charge in [-0.05, 0) is 24.7 Å². The molecule has 0 saturated carbocycles. The van der Waals surface area contributed by atoms with E-state index in [2.05, 4.69) is 15.0 Å². The molecule has 2 rings (SSSR count). The predicted octanol–water partition coefficient (Wildman–Crippen LogP) is 2.13. The Morgan fingerprint density at radius 1 is 1.38 bits per heavy atom. The number of benzene rings is 1. The Balaban J connectivity index is 2.27. The monoisotopic (exact) mass is 349 g/mol. The molecule has 0 amide bonds. The summed E-state index contributed by atoms with van der Waals surface area (Å²) in [6, 6.07) is 2.26. The third kappa shape index (κ3) is 3.98. The number of rotatable bonds is 6. The maximum Gasteiger partial charge on any atom is 0.241 e. The van der Waals surface area contributed by atoms with Gasteiger partial charge in [-0.25, -0.2) is 22.5 Å². The standard InChI is InChI=1S/C12H13ClFN3O2S2/c1-15-6-8-4-9(5-10(14)12(8)13)21(18,19)17-7-11-16-2-3-20-11/h2-5,15,17H,6-7H2,1H3. The summed E-state index contributed by atoms with van der Waals surface area (Å²) < 4.78 is 40.5. The van der Waals surface area contributed by atoms with Crippen molar-refractivity contribution >= 4 is 33.0 Å². The van der Waals surface area contributed by atoms with Gasteiger partial charge < -0.3 is 5.32 Å². The fourth-order valence-corrected chi connectivity index (χ4v) is 3.55. The highest BCUT2D eigenvalue weighted by molar-refractivity contribution is 7.89. The highest BCUT2D eigenvalue weighted by Gasteiger charge is 2.19. The zero-order chi connectivity index (χ0) is 15.5. The highest BCUT2D eigenvalue weighted by Crippen LogP contribution is 2.24. The molecule has 0 atom stereocenters. The second-order valence-electron chi connectivity index (χ2n) is 4.16. The molecule has 9 heteroatoms. The lowest BCUT2D eigenvalue weighted by molar-refractivity contribution is 0.576. The summed E-state index contributed by atoms with van der Waals surface area (Å²) in [4.78, 5) is 3.82. The molecule has 2 aromatic rings. The van der Waals surface area contributed by atoms with Crippen LogP contribution in [0.5, 0.6) is 0 Å². The Bertz CT molecular complexity index is 720. The van der Waals surface area contributed by atoms with Gasteiger partial charge >= 0.3 is 0 Å². The van der Waals surface area contributed by atoms with Crippen molar-refractivity contribution < 1.29 is 12.8 Å². The second kappa shape index (κ2) is 6.80. The second-order valence-corrected chi connectivity index (χ2v) is 7.28. The quantitative estimate of drug-likeness (QED) is 0.838. The minimum atomic E-state index is -3.83. The molecular formula is C12H13ClFN3O2S2. The van der Waals surface area contributed by atoms with E-state index in [9.17, 15) is 12.8 Å². The summed E-state index contributed by atoms with van der Waals surface area (Å²) in [5, 5.41) is 5.10. The van der Waals surface area contributed by atoms with E-state index in [0.717, 1.165) is 6.07 Å². The summed E-state index contributed by atoms with van der Waals surface area (Å²) in [5.74, 6) is -0.765. The van der Waals surface area contributed by atoms with Gasteiger partial charge in [0.2, 0.25) is 10.0 Å². The van der Waals surface area contributed by atoms with Gasteiger partial charge in [0.25, 0.3) is 0 Å². The number of sulfonamides is 1. The summed E-state index contributed by atoms with van der Waals surface area (Å²) in [6.07, 6.45) is 1.58. The number of halogens is 2. The van der Waals surface area contributed by atoms with Gasteiger partial charge in [0, 0.05) is 18.1 Å². The van der Waals surface area contributed by atoms with Gasteiger partial charge in [0.1, 0.15) is 10.8 Å². The molecule has 0 saturated heterocycles. The smallest absolute Gasteiger partial charge is 0.241 e. The Morgan fingerprint density at radius 2 is 2.14 bits per heavy atom. The van der Waals surface area contributed by atoms with Crippen molar-refractivity contribution in [3.8, 4) is 0 Å². The molecule has 1 heterocycles. The van der Waals surface area contributed by atoms with Crippen LogP contribution in [0.1, 0.15) is 10.6 Å². The first kappa shape index (κ1) is 16.3. The van der Waals surface area contributed by atoms with Crippen LogP contribution < -0.4 is 10.0 Å². The number of thiazole rings is 1. The lowest BCUT2D eigenvalue weighted by Crippen LogP contribution is -2.23. The topological polar surface area (TPSA) is 71.1 Å². The van der Waals surface area contributed by atoms with Crippen LogP contribution in [-0.4, -0.2) is 20.4 Å². The molecule has 0 unspecified atom stereocenters. The average molecular weight is 350 g/mol. The van der Waals surface area contributed by atoms with Crippen LogP contribution in [0.15, 0.2) is 28.6 Å². The van der Waals surface area contributed by atoms with Gasteiger partial charge in [-0.3, -0.25) is 0 Å². The van der Waals surface area contributed by atoms with Crippen molar-refractivity contribution in [1.29, 1.82) is 0 Å². The first-order valence-electron chi connectivity index (χ1n) is 5.94. The van der Waals surface area contributed by atoms with E-state index in [1.54, 1.807) is 18.6 Å². The molecular weight excluding hydrogens is 337 g/mol. The zero-order valence-corrected chi connectivity index (χ0v) is 13.4. The van der Waals surface area contributed by atoms with Crippen LogP contribution in [0, 0.1) is 5.82 Å². The van der Waals surface area contributed by atoms with E-state index in [1.807, 2.05) is 0 Å². The molecule has 5 nitrogen and oxygen atoms in total. The third-order valence-electron chi connectivity index (χ3n) is 2.65. The Hall–Kier alpha value is -1.06. The summed E-state index contributed by atoms with van der Waals surface area (Å²) in [7, 11) is -2.16. The van der Waals surface area contributed by atoms with Crippen LogP contribution in [0.4, 0.5) is 4.39 Å². The van der Waals surface area contributed by atoms with E-state index < -0.39 is 15.8 Å². The Labute approximate surface area is 131 Å². The molecule has 1 aromatic carbocycles. The molecule has 0 aliphatic heterocycles. The van der Waals surface area contributed by atoms with E-state index in [-0.39, 0.29) is 23.0 Å². The zero-order valence-electron chi connectivity index (χ0n) is 11.1. The molecule has 1 aromatic heterocycles. The molecule has 0 fully saturated rings. The number of nitrogens with zero attached hydrogens (tertiary/aromatic N) is 1. The van der Waals surface area contributed by atoms with E-state index in [1.165, 1.54) is 17.4 Å². The SMILES string of the molecule is CNCc1cc(S(=O)(=O)NCc2nccs2)cc(F)c1Cl. The van der Waals surface area contributed by atoms with Crippen LogP contribution in [-0.2, 0) is 23.1 Å². The fraction of sp³-hybridized carbons (Fsp3) is 0.250. The third-order valence-corrected chi connectivity index (χ3v) is 5.24. The Morgan fingerprint density at radius 3 is 2.76 bits per heavy atom. The van der Waals surface area contributed by atoms with Gasteiger partial charge in [-0.15, -0.1) is 11.3 Å². The van der Waals surface area contributed by atoms with Crippen molar-refractivity contribution in [3.63, 3.8) is 0 Å². The van der Waals surface area contributed by atoms with Crippen LogP contribution in [0.3, 0.4) is 0 Å².